The predicted octanol–water partition coefficient (Wildman–Crippen LogP) is 4.04. The fraction of sp³-hybridized carbons (Fsp3) is 0.190. The molecule has 1 aliphatic carbocycles. The van der Waals surface area contributed by atoms with Crippen LogP contribution in [0, 0.1) is 0 Å². The van der Waals surface area contributed by atoms with E-state index in [2.05, 4.69) is 4.72 Å². The summed E-state index contributed by atoms with van der Waals surface area (Å²) >= 11 is 6.32. The molecule has 0 bridgehead atoms. The van der Waals surface area contributed by atoms with Crippen LogP contribution in [0.5, 0.6) is 5.75 Å². The molecule has 0 saturated carbocycles. The minimum absolute atomic E-state index is 0.0777. The number of hydrogen-bond donors (Lipinski definition) is 1. The Morgan fingerprint density at radius 2 is 1.86 bits per heavy atom. The molecule has 0 aliphatic heterocycles. The fourth-order valence-electron chi connectivity index (χ4n) is 3.83. The summed E-state index contributed by atoms with van der Waals surface area (Å²) in [6, 6.07) is 15.6. The van der Waals surface area contributed by atoms with Crippen molar-refractivity contribution in [2.45, 2.75) is 23.7 Å². The molecule has 5 nitrogen and oxygen atoms in total. The van der Waals surface area contributed by atoms with E-state index in [0.717, 1.165) is 10.9 Å². The monoisotopic (exact) mass is 415 g/mol. The molecule has 144 valence electrons. The third-order valence-electron chi connectivity index (χ3n) is 5.10. The number of benzene rings is 3. The predicted molar refractivity (Wildman–Crippen MR) is 108 cm³/mol. The molecule has 4 rings (SSSR count). The normalized spacial score (nSPS) is 16.0. The molecule has 1 atom stereocenters. The Balaban J connectivity index is 1.69. The lowest BCUT2D eigenvalue weighted by molar-refractivity contribution is -0.120. The van der Waals surface area contributed by atoms with Crippen molar-refractivity contribution in [3.05, 3.63) is 70.7 Å². The molecular formula is C21H18ClNO4S. The summed E-state index contributed by atoms with van der Waals surface area (Å²) in [6.07, 6.45) is 1.08. The van der Waals surface area contributed by atoms with Crippen molar-refractivity contribution in [2.75, 3.05) is 7.11 Å². The minimum atomic E-state index is -4.03. The van der Waals surface area contributed by atoms with Gasteiger partial charge in [0.1, 0.15) is 5.75 Å². The molecule has 3 aromatic carbocycles. The highest BCUT2D eigenvalue weighted by Crippen LogP contribution is 2.42. The van der Waals surface area contributed by atoms with Crippen molar-refractivity contribution in [1.29, 1.82) is 0 Å². The molecule has 7 heteroatoms. The summed E-state index contributed by atoms with van der Waals surface area (Å²) in [5, 5.41) is 1.80. The zero-order chi connectivity index (χ0) is 19.9. The molecule has 0 spiro atoms. The second-order valence-electron chi connectivity index (χ2n) is 6.68. The van der Waals surface area contributed by atoms with Crippen molar-refractivity contribution in [3.63, 3.8) is 0 Å². The third kappa shape index (κ3) is 3.12. The second-order valence-corrected chi connectivity index (χ2v) is 8.74. The van der Waals surface area contributed by atoms with Gasteiger partial charge in [0.05, 0.1) is 17.9 Å². The van der Waals surface area contributed by atoms with E-state index in [4.69, 9.17) is 16.3 Å². The number of methoxy groups -OCH3 is 1. The van der Waals surface area contributed by atoms with E-state index in [0.29, 0.717) is 34.6 Å². The van der Waals surface area contributed by atoms with E-state index >= 15 is 0 Å². The average Bonchev–Trinajstić information content (AvgIpc) is 3.14. The molecule has 1 N–H and O–H groups in total. The van der Waals surface area contributed by atoms with Crippen molar-refractivity contribution in [3.8, 4) is 5.75 Å². The van der Waals surface area contributed by atoms with Crippen molar-refractivity contribution >= 4 is 38.3 Å². The van der Waals surface area contributed by atoms with Crippen LogP contribution in [0.1, 0.15) is 23.5 Å². The Morgan fingerprint density at radius 3 is 2.64 bits per heavy atom. The number of ether oxygens (including phenoxy) is 1. The first-order chi connectivity index (χ1) is 13.4. The number of nitrogens with one attached hydrogen (secondary N) is 1. The Kier molecular flexibility index (Phi) is 4.77. The quantitative estimate of drug-likeness (QED) is 0.698. The first-order valence-electron chi connectivity index (χ1n) is 8.82. The van der Waals surface area contributed by atoms with E-state index in [9.17, 15) is 13.2 Å². The number of halogens is 1. The molecular weight excluding hydrogens is 398 g/mol. The van der Waals surface area contributed by atoms with E-state index in [-0.39, 0.29) is 4.90 Å². The fourth-order valence-corrected chi connectivity index (χ4v) is 5.38. The molecule has 1 aliphatic rings. The molecule has 1 unspecified atom stereocenters. The zero-order valence-electron chi connectivity index (χ0n) is 15.1. The lowest BCUT2D eigenvalue weighted by atomic mass is 10.0. The van der Waals surface area contributed by atoms with Gasteiger partial charge < -0.3 is 4.74 Å². The van der Waals surface area contributed by atoms with Crippen LogP contribution >= 0.6 is 11.6 Å². The number of sulfonamides is 1. The summed E-state index contributed by atoms with van der Waals surface area (Å²) in [6.45, 7) is 0. The van der Waals surface area contributed by atoms with E-state index in [1.807, 2.05) is 18.2 Å². The van der Waals surface area contributed by atoms with Crippen LogP contribution in [0.3, 0.4) is 0 Å². The number of hydrogen-bond acceptors (Lipinski definition) is 4. The first-order valence-corrected chi connectivity index (χ1v) is 10.7. The van der Waals surface area contributed by atoms with Gasteiger partial charge in [-0.2, -0.15) is 0 Å². The summed E-state index contributed by atoms with van der Waals surface area (Å²) in [4.78, 5) is 13.0. The van der Waals surface area contributed by atoms with Crippen LogP contribution < -0.4 is 9.46 Å². The van der Waals surface area contributed by atoms with Crippen molar-refractivity contribution < 1.29 is 17.9 Å². The lowest BCUT2D eigenvalue weighted by Crippen LogP contribution is -2.34. The van der Waals surface area contributed by atoms with Crippen molar-refractivity contribution in [1.82, 2.24) is 4.72 Å². The number of carbonyl (C=O) groups excluding carboxylic acids is 1. The van der Waals surface area contributed by atoms with Crippen LogP contribution in [0.25, 0.3) is 10.8 Å². The highest BCUT2D eigenvalue weighted by Gasteiger charge is 2.35. The van der Waals surface area contributed by atoms with Gasteiger partial charge in [0, 0.05) is 10.4 Å². The van der Waals surface area contributed by atoms with Crippen LogP contribution in [0.2, 0.25) is 5.02 Å². The standard InChI is InChI=1S/C21H18ClNO4S/c1-27-18-12-11-17(22)20-15(18)9-10-16(20)21(24)23-28(25,26)19-8-4-6-13-5-2-3-7-14(13)19/h2-8,11-12,16H,9-10H2,1H3,(H,23,24). The van der Waals surface area contributed by atoms with Crippen LogP contribution in [0.15, 0.2) is 59.5 Å². The molecule has 0 fully saturated rings. The molecule has 0 heterocycles. The van der Waals surface area contributed by atoms with Gasteiger partial charge in [-0.05, 0) is 47.6 Å². The number of fused-ring (bicyclic) bond motifs is 2. The van der Waals surface area contributed by atoms with Crippen LogP contribution in [0.4, 0.5) is 0 Å². The maximum atomic E-state index is 12.9. The average molecular weight is 416 g/mol. The summed E-state index contributed by atoms with van der Waals surface area (Å²) in [7, 11) is -2.47. The molecule has 28 heavy (non-hydrogen) atoms. The molecule has 0 aromatic heterocycles. The van der Waals surface area contributed by atoms with Crippen molar-refractivity contribution in [2.24, 2.45) is 0 Å². The van der Waals surface area contributed by atoms with Gasteiger partial charge in [0.15, 0.2) is 0 Å². The maximum Gasteiger partial charge on any atom is 0.264 e. The second kappa shape index (κ2) is 7.11. The van der Waals surface area contributed by atoms with E-state index in [1.54, 1.807) is 37.4 Å². The summed E-state index contributed by atoms with van der Waals surface area (Å²) < 4.78 is 33.5. The van der Waals surface area contributed by atoms with Gasteiger partial charge in [-0.15, -0.1) is 0 Å². The van der Waals surface area contributed by atoms with Gasteiger partial charge in [-0.1, -0.05) is 48.0 Å². The molecule has 3 aromatic rings. The largest absolute Gasteiger partial charge is 0.496 e. The molecule has 1 amide bonds. The van der Waals surface area contributed by atoms with Crippen LogP contribution in [-0.2, 0) is 21.2 Å². The summed E-state index contributed by atoms with van der Waals surface area (Å²) in [5.74, 6) is -0.559. The number of rotatable bonds is 4. The number of amides is 1. The SMILES string of the molecule is COc1ccc(Cl)c2c1CCC2C(=O)NS(=O)(=O)c1cccc2ccccc12. The topological polar surface area (TPSA) is 72.5 Å². The number of carbonyl (C=O) groups is 1. The minimum Gasteiger partial charge on any atom is -0.496 e. The molecule has 0 radical (unpaired) electrons. The zero-order valence-corrected chi connectivity index (χ0v) is 16.7. The van der Waals surface area contributed by atoms with Gasteiger partial charge >= 0.3 is 0 Å². The van der Waals surface area contributed by atoms with Crippen LogP contribution in [-0.4, -0.2) is 21.4 Å². The maximum absolute atomic E-state index is 12.9. The van der Waals surface area contributed by atoms with E-state index in [1.165, 1.54) is 6.07 Å². The Hall–Kier alpha value is -2.57. The van der Waals surface area contributed by atoms with Gasteiger partial charge in [-0.3, -0.25) is 4.79 Å². The molecule has 0 saturated heterocycles. The third-order valence-corrected chi connectivity index (χ3v) is 6.84. The Labute approximate surface area is 168 Å². The van der Waals surface area contributed by atoms with Gasteiger partial charge in [-0.25, -0.2) is 13.1 Å². The van der Waals surface area contributed by atoms with Gasteiger partial charge in [0.2, 0.25) is 5.91 Å². The lowest BCUT2D eigenvalue weighted by Gasteiger charge is -2.15. The smallest absolute Gasteiger partial charge is 0.264 e. The summed E-state index contributed by atoms with van der Waals surface area (Å²) in [5.41, 5.74) is 1.50. The van der Waals surface area contributed by atoms with E-state index < -0.39 is 21.8 Å². The highest BCUT2D eigenvalue weighted by atomic mass is 35.5. The highest BCUT2D eigenvalue weighted by molar-refractivity contribution is 7.90. The Bertz CT molecular complexity index is 1180. The Morgan fingerprint density at radius 1 is 1.11 bits per heavy atom. The van der Waals surface area contributed by atoms with Gasteiger partial charge in [0.25, 0.3) is 10.0 Å². The first kappa shape index (κ1) is 18.8.